The maximum Gasteiger partial charge on any atom is 0.130 e. The van der Waals surface area contributed by atoms with E-state index in [0.29, 0.717) is 6.42 Å². The maximum atomic E-state index is 13.1. The molecule has 39 heavy (non-hydrogen) atoms. The quantitative estimate of drug-likeness (QED) is 0.349. The molecule has 0 saturated heterocycles. The van der Waals surface area contributed by atoms with E-state index < -0.39 is 11.6 Å². The number of aliphatic hydroxyl groups is 1. The van der Waals surface area contributed by atoms with Gasteiger partial charge in [0.25, 0.3) is 0 Å². The molecule has 0 amide bonds. The third kappa shape index (κ3) is 7.02. The molecule has 0 bridgehead atoms. The number of hydrogen-bond donors (Lipinski definition) is 2. The summed E-state index contributed by atoms with van der Waals surface area (Å²) in [4.78, 5) is 0. The van der Waals surface area contributed by atoms with Crippen LogP contribution in [0.25, 0.3) is 0 Å². The minimum Gasteiger partial charge on any atom is -0.379 e. The molecule has 3 aromatic rings. The molecule has 0 heterocycles. The Kier molecular flexibility index (Phi) is 8.40. The molecule has 3 N–H and O–H groups in total. The van der Waals surface area contributed by atoms with E-state index in [-0.39, 0.29) is 21.7 Å². The molecule has 3 rings (SSSR count). The monoisotopic (exact) mass is 527 g/mol. The molecule has 0 radical (unpaired) electrons. The van der Waals surface area contributed by atoms with Crippen molar-refractivity contribution in [2.45, 2.75) is 123 Å². The Bertz CT molecular complexity index is 1130. The van der Waals surface area contributed by atoms with Gasteiger partial charge < -0.3 is 10.8 Å². The lowest BCUT2D eigenvalue weighted by Gasteiger charge is -2.39. The molecule has 0 aromatic heterocycles. The third-order valence-corrected chi connectivity index (χ3v) is 8.05. The van der Waals surface area contributed by atoms with E-state index in [2.05, 4.69) is 132 Å². The average Bonchev–Trinajstić information content (AvgIpc) is 2.81. The number of nitrogens with two attached hydrogens (primary N) is 1. The molecule has 0 aliphatic rings. The van der Waals surface area contributed by atoms with E-state index in [9.17, 15) is 5.11 Å². The lowest BCUT2D eigenvalue weighted by molar-refractivity contribution is 0.0511. The zero-order chi connectivity index (χ0) is 29.6. The van der Waals surface area contributed by atoms with Crippen LogP contribution in [0, 0.1) is 0 Å². The van der Waals surface area contributed by atoms with Gasteiger partial charge in [-0.1, -0.05) is 150 Å². The molecular weight excluding hydrogens is 474 g/mol. The van der Waals surface area contributed by atoms with Gasteiger partial charge in [0.2, 0.25) is 0 Å². The second-order valence-electron chi connectivity index (χ2n) is 15.7. The molecule has 2 heteroatoms. The van der Waals surface area contributed by atoms with Crippen molar-refractivity contribution in [3.8, 4) is 0 Å². The second kappa shape index (κ2) is 10.5. The van der Waals surface area contributed by atoms with Gasteiger partial charge in [-0.05, 0) is 67.0 Å². The Labute approximate surface area is 239 Å². The van der Waals surface area contributed by atoms with Crippen LogP contribution < -0.4 is 5.73 Å². The zero-order valence-electron chi connectivity index (χ0n) is 26.7. The molecule has 0 aliphatic carbocycles. The lowest BCUT2D eigenvalue weighted by Crippen LogP contribution is -2.48. The van der Waals surface area contributed by atoms with E-state index in [1.165, 1.54) is 22.3 Å². The summed E-state index contributed by atoms with van der Waals surface area (Å²) >= 11 is 0. The summed E-state index contributed by atoms with van der Waals surface area (Å²) in [5.74, 6) is 0. The first-order valence-electron chi connectivity index (χ1n) is 14.5. The highest BCUT2D eigenvalue weighted by atomic mass is 16.3. The number of rotatable bonds is 5. The minimum atomic E-state index is -1.39. The van der Waals surface area contributed by atoms with Crippen molar-refractivity contribution in [1.82, 2.24) is 0 Å². The van der Waals surface area contributed by atoms with Gasteiger partial charge >= 0.3 is 0 Å². The topological polar surface area (TPSA) is 46.2 Å². The molecule has 0 fully saturated rings. The van der Waals surface area contributed by atoms with Crippen molar-refractivity contribution in [1.29, 1.82) is 0 Å². The summed E-state index contributed by atoms with van der Waals surface area (Å²) in [5, 5.41) is 13.1. The summed E-state index contributed by atoms with van der Waals surface area (Å²) in [7, 11) is 0. The molecular formula is C37H53NO. The largest absolute Gasteiger partial charge is 0.379 e. The Balaban J connectivity index is 2.43. The Morgan fingerprint density at radius 2 is 0.795 bits per heavy atom. The van der Waals surface area contributed by atoms with Crippen molar-refractivity contribution in [2.24, 2.45) is 5.73 Å². The molecule has 3 aromatic carbocycles. The molecule has 212 valence electrons. The maximum absolute atomic E-state index is 13.1. The van der Waals surface area contributed by atoms with E-state index >= 15 is 0 Å². The van der Waals surface area contributed by atoms with Crippen LogP contribution in [0.4, 0.5) is 0 Å². The van der Waals surface area contributed by atoms with Crippen LogP contribution in [0.5, 0.6) is 0 Å². The first-order valence-corrected chi connectivity index (χ1v) is 14.5. The SMILES string of the molecule is CC(C)(C)c1cc(C(C)(C)C)cc(C(O)(c2cc(C(C)(C)C)cc(C(C)(C)C)c2)C(N)Cc2ccccc2)c1. The van der Waals surface area contributed by atoms with Crippen LogP contribution in [0.15, 0.2) is 66.7 Å². The standard InChI is InChI=1S/C37H53NO/c1-33(2,3)26-19-27(34(4,5)6)22-30(21-26)37(39,32(38)18-25-16-14-13-15-17-25)31-23-28(35(7,8)9)20-29(24-31)36(10,11)12/h13-17,19-24,32,39H,18,38H2,1-12H3. The van der Waals surface area contributed by atoms with E-state index in [1.54, 1.807) is 0 Å². The van der Waals surface area contributed by atoms with Crippen LogP contribution in [0.1, 0.15) is 122 Å². The Morgan fingerprint density at radius 1 is 0.513 bits per heavy atom. The van der Waals surface area contributed by atoms with Crippen molar-refractivity contribution >= 4 is 0 Å². The van der Waals surface area contributed by atoms with E-state index in [0.717, 1.165) is 16.7 Å². The average molecular weight is 528 g/mol. The molecule has 0 spiro atoms. The highest BCUT2D eigenvalue weighted by Gasteiger charge is 2.41. The van der Waals surface area contributed by atoms with Crippen molar-refractivity contribution in [3.63, 3.8) is 0 Å². The van der Waals surface area contributed by atoms with Crippen molar-refractivity contribution < 1.29 is 5.11 Å². The summed E-state index contributed by atoms with van der Waals surface area (Å²) in [6, 6.07) is 23.1. The van der Waals surface area contributed by atoms with Gasteiger partial charge in [-0.25, -0.2) is 0 Å². The third-order valence-electron chi connectivity index (χ3n) is 8.05. The zero-order valence-corrected chi connectivity index (χ0v) is 26.7. The van der Waals surface area contributed by atoms with Gasteiger partial charge in [-0.2, -0.15) is 0 Å². The van der Waals surface area contributed by atoms with Gasteiger partial charge in [-0.15, -0.1) is 0 Å². The highest BCUT2D eigenvalue weighted by Crippen LogP contribution is 2.42. The second-order valence-corrected chi connectivity index (χ2v) is 15.7. The number of hydrogen-bond acceptors (Lipinski definition) is 2. The summed E-state index contributed by atoms with van der Waals surface area (Å²) in [6.45, 7) is 26.8. The van der Waals surface area contributed by atoms with Crippen LogP contribution in [-0.4, -0.2) is 11.1 Å². The van der Waals surface area contributed by atoms with Crippen LogP contribution >= 0.6 is 0 Å². The van der Waals surface area contributed by atoms with Gasteiger partial charge in [0, 0.05) is 6.04 Å². The molecule has 2 nitrogen and oxygen atoms in total. The minimum absolute atomic E-state index is 0.0791. The predicted octanol–water partition coefficient (Wildman–Crippen LogP) is 8.68. The van der Waals surface area contributed by atoms with Crippen LogP contribution in [0.3, 0.4) is 0 Å². The van der Waals surface area contributed by atoms with E-state index in [4.69, 9.17) is 5.73 Å². The van der Waals surface area contributed by atoms with Gasteiger partial charge in [0.15, 0.2) is 0 Å². The summed E-state index contributed by atoms with van der Waals surface area (Å²) in [6.07, 6.45) is 0.562. The lowest BCUT2D eigenvalue weighted by atomic mass is 9.71. The Morgan fingerprint density at radius 3 is 1.08 bits per heavy atom. The Hall–Kier alpha value is -2.42. The molecule has 1 unspecified atom stereocenters. The first-order chi connectivity index (χ1) is 17.6. The fourth-order valence-electron chi connectivity index (χ4n) is 5.04. The van der Waals surface area contributed by atoms with Crippen LogP contribution in [-0.2, 0) is 33.7 Å². The molecule has 0 aliphatic heterocycles. The fourth-order valence-corrected chi connectivity index (χ4v) is 5.04. The predicted molar refractivity (Wildman–Crippen MR) is 169 cm³/mol. The molecule has 0 saturated carbocycles. The molecule has 1 atom stereocenters. The normalized spacial score (nSPS) is 14.4. The highest BCUT2D eigenvalue weighted by molar-refractivity contribution is 5.49. The van der Waals surface area contributed by atoms with Crippen molar-refractivity contribution in [2.75, 3.05) is 0 Å². The van der Waals surface area contributed by atoms with Gasteiger partial charge in [0.1, 0.15) is 5.60 Å². The van der Waals surface area contributed by atoms with Crippen LogP contribution in [0.2, 0.25) is 0 Å². The fraction of sp³-hybridized carbons (Fsp3) is 0.514. The first kappa shape index (κ1) is 31.1. The van der Waals surface area contributed by atoms with Gasteiger partial charge in [0.05, 0.1) is 0 Å². The van der Waals surface area contributed by atoms with Crippen molar-refractivity contribution in [3.05, 3.63) is 106 Å². The van der Waals surface area contributed by atoms with Gasteiger partial charge in [-0.3, -0.25) is 0 Å². The summed E-state index contributed by atoms with van der Waals surface area (Å²) in [5.41, 5.74) is 13.1. The smallest absolute Gasteiger partial charge is 0.130 e. The van der Waals surface area contributed by atoms with E-state index in [1.807, 2.05) is 18.2 Å². The summed E-state index contributed by atoms with van der Waals surface area (Å²) < 4.78 is 0. The number of benzene rings is 3.